The summed E-state index contributed by atoms with van der Waals surface area (Å²) in [6.07, 6.45) is 18.2. The summed E-state index contributed by atoms with van der Waals surface area (Å²) in [7, 11) is 0. The molecule has 0 aromatic rings. The average molecular weight is 284 g/mol. The second kappa shape index (κ2) is 11.6. The lowest BCUT2D eigenvalue weighted by molar-refractivity contribution is 0.0382. The van der Waals surface area contributed by atoms with Gasteiger partial charge in [0.15, 0.2) is 0 Å². The van der Waals surface area contributed by atoms with Crippen LogP contribution in [0.25, 0.3) is 0 Å². The molecular weight excluding hydrogens is 246 g/mol. The molecule has 0 radical (unpaired) electrons. The highest BCUT2D eigenvalue weighted by Gasteiger charge is 2.26. The molecule has 0 aromatic carbocycles. The first-order valence-corrected chi connectivity index (χ1v) is 9.15. The molecule has 1 aliphatic rings. The van der Waals surface area contributed by atoms with Gasteiger partial charge in [-0.2, -0.15) is 0 Å². The van der Waals surface area contributed by atoms with Crippen molar-refractivity contribution in [2.45, 2.75) is 116 Å². The van der Waals surface area contributed by atoms with E-state index in [1.807, 2.05) is 0 Å². The van der Waals surface area contributed by atoms with Crippen LogP contribution in [0.1, 0.15) is 97.3 Å². The Bertz CT molecular complexity index is 219. The van der Waals surface area contributed by atoms with Crippen molar-refractivity contribution in [2.75, 3.05) is 0 Å². The predicted molar refractivity (Wildman–Crippen MR) is 88.0 cm³/mol. The summed E-state index contributed by atoms with van der Waals surface area (Å²) in [5, 5.41) is 0. The normalized spacial score (nSPS) is 24.1. The Balaban J connectivity index is 1.82. The molecule has 120 valence electrons. The zero-order valence-corrected chi connectivity index (χ0v) is 13.9. The molecule has 0 aliphatic carbocycles. The molecular formula is C18H37NO. The van der Waals surface area contributed by atoms with Gasteiger partial charge in [0.05, 0.1) is 12.2 Å². The first kappa shape index (κ1) is 18.0. The first-order valence-electron chi connectivity index (χ1n) is 9.15. The molecule has 3 atom stereocenters. The van der Waals surface area contributed by atoms with E-state index in [1.165, 1.54) is 77.0 Å². The Kier molecular flexibility index (Phi) is 10.4. The minimum absolute atomic E-state index is 0.272. The number of ether oxygens (including phenoxy) is 1. The van der Waals surface area contributed by atoms with Crippen LogP contribution in [0.15, 0.2) is 0 Å². The van der Waals surface area contributed by atoms with Crippen molar-refractivity contribution >= 4 is 0 Å². The second-order valence-corrected chi connectivity index (χ2v) is 6.70. The number of hydrogen-bond donors (Lipinski definition) is 1. The Labute approximate surface area is 126 Å². The van der Waals surface area contributed by atoms with Crippen LogP contribution in [0.2, 0.25) is 0 Å². The van der Waals surface area contributed by atoms with Crippen LogP contribution in [0, 0.1) is 0 Å². The van der Waals surface area contributed by atoms with E-state index >= 15 is 0 Å². The van der Waals surface area contributed by atoms with Crippen LogP contribution in [0.3, 0.4) is 0 Å². The maximum Gasteiger partial charge on any atom is 0.0730 e. The maximum atomic E-state index is 6.23. The highest BCUT2D eigenvalue weighted by molar-refractivity contribution is 4.80. The lowest BCUT2D eigenvalue weighted by atomic mass is 10.0. The van der Waals surface area contributed by atoms with Crippen molar-refractivity contribution in [3.8, 4) is 0 Å². The molecule has 1 saturated heterocycles. The molecule has 1 aliphatic heterocycles. The summed E-state index contributed by atoms with van der Waals surface area (Å²) in [6, 6.07) is 0.272. The Morgan fingerprint density at radius 2 is 1.45 bits per heavy atom. The van der Waals surface area contributed by atoms with Gasteiger partial charge >= 0.3 is 0 Å². The van der Waals surface area contributed by atoms with E-state index in [4.69, 9.17) is 10.5 Å². The minimum Gasteiger partial charge on any atom is -0.374 e. The van der Waals surface area contributed by atoms with E-state index in [0.717, 1.165) is 6.42 Å². The maximum absolute atomic E-state index is 6.23. The fourth-order valence-corrected chi connectivity index (χ4v) is 3.20. The molecule has 20 heavy (non-hydrogen) atoms. The molecule has 0 spiro atoms. The third-order valence-corrected chi connectivity index (χ3v) is 4.63. The molecule has 2 heteroatoms. The van der Waals surface area contributed by atoms with Crippen molar-refractivity contribution in [1.82, 2.24) is 0 Å². The fraction of sp³-hybridized carbons (Fsp3) is 1.00. The van der Waals surface area contributed by atoms with Crippen LogP contribution in [-0.4, -0.2) is 18.2 Å². The zero-order valence-electron chi connectivity index (χ0n) is 13.9. The molecule has 1 rings (SSSR count). The van der Waals surface area contributed by atoms with E-state index in [1.54, 1.807) is 0 Å². The Morgan fingerprint density at radius 1 is 0.900 bits per heavy atom. The molecule has 1 heterocycles. The lowest BCUT2D eigenvalue weighted by Crippen LogP contribution is -2.34. The predicted octanol–water partition coefficient (Wildman–Crippen LogP) is 5.19. The van der Waals surface area contributed by atoms with Gasteiger partial charge in [-0.1, -0.05) is 71.1 Å². The van der Waals surface area contributed by atoms with Crippen molar-refractivity contribution in [1.29, 1.82) is 0 Å². The molecule has 2 nitrogen and oxygen atoms in total. The Morgan fingerprint density at radius 3 is 1.95 bits per heavy atom. The summed E-state index contributed by atoms with van der Waals surface area (Å²) < 4.78 is 5.84. The van der Waals surface area contributed by atoms with Gasteiger partial charge in [-0.25, -0.2) is 0 Å². The van der Waals surface area contributed by atoms with Crippen LogP contribution < -0.4 is 5.73 Å². The van der Waals surface area contributed by atoms with Gasteiger partial charge in [-0.15, -0.1) is 0 Å². The van der Waals surface area contributed by atoms with Gasteiger partial charge in [0, 0.05) is 6.04 Å². The molecule has 0 bridgehead atoms. The fourth-order valence-electron chi connectivity index (χ4n) is 3.20. The lowest BCUT2D eigenvalue weighted by Gasteiger charge is -2.19. The summed E-state index contributed by atoms with van der Waals surface area (Å²) in [4.78, 5) is 0. The smallest absolute Gasteiger partial charge is 0.0730 e. The summed E-state index contributed by atoms with van der Waals surface area (Å²) in [5.41, 5.74) is 6.23. The van der Waals surface area contributed by atoms with Gasteiger partial charge in [0.1, 0.15) is 0 Å². The van der Waals surface area contributed by atoms with Crippen LogP contribution >= 0.6 is 0 Å². The minimum atomic E-state index is 0.272. The van der Waals surface area contributed by atoms with E-state index in [-0.39, 0.29) is 6.04 Å². The number of rotatable bonds is 12. The first-order chi connectivity index (χ1) is 9.74. The standard InChI is InChI=1S/C18H37NO/c1-3-4-5-6-7-8-9-10-11-12-13-17(19)18-15-14-16(2)20-18/h16-18H,3-15,19H2,1-2H3. The summed E-state index contributed by atoms with van der Waals surface area (Å²) >= 11 is 0. The molecule has 0 aromatic heterocycles. The summed E-state index contributed by atoms with van der Waals surface area (Å²) in [5.74, 6) is 0. The number of hydrogen-bond acceptors (Lipinski definition) is 2. The van der Waals surface area contributed by atoms with Gasteiger partial charge in [0.25, 0.3) is 0 Å². The van der Waals surface area contributed by atoms with Crippen molar-refractivity contribution in [3.05, 3.63) is 0 Å². The molecule has 3 unspecified atom stereocenters. The highest BCUT2D eigenvalue weighted by atomic mass is 16.5. The monoisotopic (exact) mass is 283 g/mol. The van der Waals surface area contributed by atoms with Crippen LogP contribution in [0.5, 0.6) is 0 Å². The molecule has 0 amide bonds. The van der Waals surface area contributed by atoms with E-state index in [0.29, 0.717) is 12.2 Å². The third kappa shape index (κ3) is 8.26. The van der Waals surface area contributed by atoms with Gasteiger partial charge in [0.2, 0.25) is 0 Å². The third-order valence-electron chi connectivity index (χ3n) is 4.63. The zero-order chi connectivity index (χ0) is 14.6. The Hall–Kier alpha value is -0.0800. The topological polar surface area (TPSA) is 35.2 Å². The van der Waals surface area contributed by atoms with E-state index < -0.39 is 0 Å². The van der Waals surface area contributed by atoms with Gasteiger partial charge < -0.3 is 10.5 Å². The van der Waals surface area contributed by atoms with Crippen molar-refractivity contribution < 1.29 is 4.74 Å². The average Bonchev–Trinajstić information content (AvgIpc) is 2.87. The second-order valence-electron chi connectivity index (χ2n) is 6.70. The van der Waals surface area contributed by atoms with Crippen molar-refractivity contribution in [2.24, 2.45) is 5.73 Å². The number of unbranched alkanes of at least 4 members (excludes halogenated alkanes) is 9. The molecule has 2 N–H and O–H groups in total. The van der Waals surface area contributed by atoms with Gasteiger partial charge in [-0.05, 0) is 26.2 Å². The molecule has 1 fully saturated rings. The number of nitrogens with two attached hydrogens (primary N) is 1. The van der Waals surface area contributed by atoms with Crippen molar-refractivity contribution in [3.63, 3.8) is 0 Å². The van der Waals surface area contributed by atoms with Gasteiger partial charge in [-0.3, -0.25) is 0 Å². The SMILES string of the molecule is CCCCCCCCCCCCC(N)C1CCC(C)O1. The van der Waals surface area contributed by atoms with Crippen LogP contribution in [-0.2, 0) is 4.74 Å². The summed E-state index contributed by atoms with van der Waals surface area (Å²) in [6.45, 7) is 4.44. The quantitative estimate of drug-likeness (QED) is 0.500. The molecule has 0 saturated carbocycles. The van der Waals surface area contributed by atoms with Crippen LogP contribution in [0.4, 0.5) is 0 Å². The largest absolute Gasteiger partial charge is 0.374 e. The van der Waals surface area contributed by atoms with E-state index in [9.17, 15) is 0 Å². The van der Waals surface area contributed by atoms with E-state index in [2.05, 4.69) is 13.8 Å². The highest BCUT2D eigenvalue weighted by Crippen LogP contribution is 2.23.